The Morgan fingerprint density at radius 1 is 0.695 bits per heavy atom. The number of β-amino-alcohol motifs (C(OH)–C–C–N with tert-alkyl or cyclic N) is 2. The van der Waals surface area contributed by atoms with Crippen molar-refractivity contribution < 1.29 is 10.2 Å². The van der Waals surface area contributed by atoms with Crippen molar-refractivity contribution in [2.45, 2.75) is 85.2 Å². The predicted octanol–water partition coefficient (Wildman–Crippen LogP) is 6.35. The number of pyridine rings is 2. The van der Waals surface area contributed by atoms with E-state index >= 15 is 0 Å². The number of nitrogens with one attached hydrogen (secondary N) is 1. The zero-order valence-corrected chi connectivity index (χ0v) is 35.6. The maximum Gasteiger partial charge on any atom is 0.278 e. The average molecular weight is 846 g/mol. The number of rotatable bonds is 13. The molecular weight excluding hydrogens is 791 g/mol. The summed E-state index contributed by atoms with van der Waals surface area (Å²) in [6.45, 7) is 12.2. The van der Waals surface area contributed by atoms with Gasteiger partial charge in [-0.05, 0) is 73.9 Å². The molecule has 5 N–H and O–H groups in total. The average Bonchev–Trinajstić information content (AvgIpc) is 3.20. The minimum absolute atomic E-state index is 0.152. The van der Waals surface area contributed by atoms with Crippen molar-refractivity contribution in [3.05, 3.63) is 104 Å². The van der Waals surface area contributed by atoms with E-state index in [0.29, 0.717) is 95.4 Å². The van der Waals surface area contributed by atoms with Crippen LogP contribution >= 0.6 is 23.2 Å². The molecule has 4 aromatic heterocycles. The van der Waals surface area contributed by atoms with Gasteiger partial charge in [0, 0.05) is 97.3 Å². The van der Waals surface area contributed by atoms with Crippen molar-refractivity contribution in [1.82, 2.24) is 29.1 Å². The van der Waals surface area contributed by atoms with Crippen molar-refractivity contribution in [2.24, 2.45) is 11.8 Å². The van der Waals surface area contributed by atoms with Crippen molar-refractivity contribution in [2.75, 3.05) is 47.0 Å². The van der Waals surface area contributed by atoms with Crippen LogP contribution < -0.4 is 32.0 Å². The summed E-state index contributed by atoms with van der Waals surface area (Å²) in [5.74, 6) is 1.95. The first-order valence-corrected chi connectivity index (χ1v) is 21.0. The third kappa shape index (κ3) is 10.6. The van der Waals surface area contributed by atoms with Crippen LogP contribution in [0.5, 0.6) is 0 Å². The fourth-order valence-electron chi connectivity index (χ4n) is 7.60. The van der Waals surface area contributed by atoms with Crippen LogP contribution in [-0.4, -0.2) is 77.7 Å². The molecule has 0 fully saturated rings. The lowest BCUT2D eigenvalue weighted by atomic mass is 10.1. The van der Waals surface area contributed by atoms with Crippen molar-refractivity contribution >= 4 is 46.5 Å². The standard InChI is InChI=1S/C25H29Cl2N5O2.C18H25N5O2/c1-16(2)13-18(33)15-31-11-4-12-32-24(34)23(29-14-19-20(26)5-3-6-21(19)27)22(30-25(31)32)17-7-9-28-10-8-17;1-12(2)10-14(24)11-22-8-3-9-23-17(25)15(19)16(21-18(22)23)13-4-6-20-7-5-13/h3,5-10,16,18,29,33H,4,11-15H2,1-2H3;4-7,12,14,24H,3,8-11,19H2,1-2H3. The van der Waals surface area contributed by atoms with E-state index in [-0.39, 0.29) is 23.4 Å². The van der Waals surface area contributed by atoms with Crippen LogP contribution in [0, 0.1) is 11.8 Å². The Balaban J connectivity index is 0.000000208. The zero-order valence-electron chi connectivity index (χ0n) is 34.1. The molecule has 0 aliphatic carbocycles. The molecule has 16 heteroatoms. The van der Waals surface area contributed by atoms with Crippen LogP contribution in [-0.2, 0) is 19.6 Å². The Morgan fingerprint density at radius 2 is 1.15 bits per heavy atom. The van der Waals surface area contributed by atoms with Gasteiger partial charge in [0.15, 0.2) is 0 Å². The SMILES string of the molecule is CC(C)CC(O)CN1CCCn2c1nc(-c1ccncc1)c(N)c2=O.CC(C)CC(O)CN1CCCn2c1nc(-c1ccncc1)c(NCc1c(Cl)cccc1Cl)c2=O. The van der Waals surface area contributed by atoms with Crippen LogP contribution in [0.1, 0.15) is 58.9 Å². The molecule has 2 aliphatic heterocycles. The van der Waals surface area contributed by atoms with Gasteiger partial charge >= 0.3 is 0 Å². The molecule has 14 nitrogen and oxygen atoms in total. The molecule has 59 heavy (non-hydrogen) atoms. The lowest BCUT2D eigenvalue weighted by Crippen LogP contribution is -2.43. The minimum atomic E-state index is -0.493. The van der Waals surface area contributed by atoms with Gasteiger partial charge in [-0.3, -0.25) is 28.7 Å². The number of anilines is 4. The van der Waals surface area contributed by atoms with E-state index in [0.717, 1.165) is 37.1 Å². The lowest BCUT2D eigenvalue weighted by Gasteiger charge is -2.33. The highest BCUT2D eigenvalue weighted by atomic mass is 35.5. The fraction of sp³-hybridized carbons (Fsp3) is 0.442. The number of aliphatic hydroxyl groups excluding tert-OH is 2. The molecule has 0 saturated heterocycles. The lowest BCUT2D eigenvalue weighted by molar-refractivity contribution is 0.152. The molecule has 2 atom stereocenters. The van der Waals surface area contributed by atoms with Crippen molar-refractivity contribution in [3.63, 3.8) is 0 Å². The third-order valence-corrected chi connectivity index (χ3v) is 11.0. The summed E-state index contributed by atoms with van der Waals surface area (Å²) >= 11 is 12.7. The Hall–Kier alpha value is -5.02. The van der Waals surface area contributed by atoms with Crippen molar-refractivity contribution in [1.29, 1.82) is 0 Å². The molecule has 2 unspecified atom stereocenters. The number of aromatic nitrogens is 6. The number of hydrogen-bond donors (Lipinski definition) is 4. The molecule has 5 aromatic rings. The van der Waals surface area contributed by atoms with Gasteiger partial charge in [-0.25, -0.2) is 9.97 Å². The van der Waals surface area contributed by atoms with Crippen LogP contribution in [0.15, 0.2) is 76.8 Å². The number of aliphatic hydroxyl groups is 2. The monoisotopic (exact) mass is 844 g/mol. The molecule has 7 rings (SSSR count). The molecule has 0 radical (unpaired) electrons. The summed E-state index contributed by atoms with van der Waals surface area (Å²) < 4.78 is 3.30. The van der Waals surface area contributed by atoms with E-state index < -0.39 is 12.2 Å². The van der Waals surface area contributed by atoms with Crippen molar-refractivity contribution in [3.8, 4) is 22.5 Å². The summed E-state index contributed by atoms with van der Waals surface area (Å²) in [5.41, 5.74) is 9.48. The van der Waals surface area contributed by atoms with Gasteiger partial charge < -0.3 is 31.1 Å². The van der Waals surface area contributed by atoms with Gasteiger partial charge in [-0.1, -0.05) is 57.0 Å². The van der Waals surface area contributed by atoms with E-state index in [4.69, 9.17) is 33.9 Å². The van der Waals surface area contributed by atoms with Gasteiger partial charge in [0.05, 0.1) is 12.2 Å². The Labute approximate surface area is 354 Å². The summed E-state index contributed by atoms with van der Waals surface area (Å²) in [6.07, 6.45) is 8.74. The van der Waals surface area contributed by atoms with E-state index in [2.05, 4.69) is 48.0 Å². The maximum absolute atomic E-state index is 13.7. The van der Waals surface area contributed by atoms with Gasteiger partial charge in [0.1, 0.15) is 22.8 Å². The Bertz CT molecular complexity index is 2290. The quantitative estimate of drug-likeness (QED) is 0.103. The van der Waals surface area contributed by atoms with Crippen LogP contribution in [0.25, 0.3) is 22.5 Å². The first-order valence-electron chi connectivity index (χ1n) is 20.2. The molecule has 314 valence electrons. The molecule has 0 bridgehead atoms. The van der Waals surface area contributed by atoms with Gasteiger partial charge in [-0.2, -0.15) is 0 Å². The van der Waals surface area contributed by atoms with E-state index in [1.54, 1.807) is 64.3 Å². The smallest absolute Gasteiger partial charge is 0.278 e. The highest BCUT2D eigenvalue weighted by Gasteiger charge is 2.28. The maximum atomic E-state index is 13.7. The highest BCUT2D eigenvalue weighted by Crippen LogP contribution is 2.31. The summed E-state index contributed by atoms with van der Waals surface area (Å²) in [4.78, 5) is 48.1. The summed E-state index contributed by atoms with van der Waals surface area (Å²) in [7, 11) is 0. The molecule has 2 aliphatic rings. The number of nitrogens with zero attached hydrogens (tertiary/aromatic N) is 8. The second-order valence-electron chi connectivity index (χ2n) is 15.9. The number of hydrogen-bond acceptors (Lipinski definition) is 12. The van der Waals surface area contributed by atoms with Crippen LogP contribution in [0.3, 0.4) is 0 Å². The Kier molecular flexibility index (Phi) is 14.6. The molecular formula is C43H54Cl2N10O4. The van der Waals surface area contributed by atoms with E-state index in [9.17, 15) is 19.8 Å². The number of benzene rings is 1. The molecule has 0 spiro atoms. The largest absolute Gasteiger partial charge is 0.392 e. The van der Waals surface area contributed by atoms with E-state index in [1.165, 1.54) is 0 Å². The number of halogens is 2. The van der Waals surface area contributed by atoms with E-state index in [1.807, 2.05) is 21.9 Å². The minimum Gasteiger partial charge on any atom is -0.392 e. The topological polar surface area (TPSA) is 181 Å². The molecule has 0 amide bonds. The number of nitrogens with two attached hydrogens (primary N) is 1. The zero-order chi connectivity index (χ0) is 42.2. The summed E-state index contributed by atoms with van der Waals surface area (Å²) in [5, 5.41) is 25.2. The van der Waals surface area contributed by atoms with Gasteiger partial charge in [-0.15, -0.1) is 0 Å². The first-order chi connectivity index (χ1) is 28.3. The van der Waals surface area contributed by atoms with Gasteiger partial charge in [0.25, 0.3) is 11.1 Å². The second kappa shape index (κ2) is 19.8. The van der Waals surface area contributed by atoms with Crippen LogP contribution in [0.2, 0.25) is 10.0 Å². The highest BCUT2D eigenvalue weighted by molar-refractivity contribution is 6.36. The normalized spacial score (nSPS) is 14.7. The third-order valence-electron chi connectivity index (χ3n) is 10.3. The number of nitrogen functional groups attached to an aromatic ring is 1. The number of fused-ring (bicyclic) bond motifs is 2. The fourth-order valence-corrected chi connectivity index (χ4v) is 8.14. The first kappa shape index (κ1) is 43.6. The summed E-state index contributed by atoms with van der Waals surface area (Å²) in [6, 6.07) is 12.6. The molecule has 1 aromatic carbocycles. The molecule has 6 heterocycles. The Morgan fingerprint density at radius 3 is 1.64 bits per heavy atom. The molecule has 0 saturated carbocycles. The van der Waals surface area contributed by atoms with Crippen LogP contribution in [0.4, 0.5) is 23.3 Å². The predicted molar refractivity (Wildman–Crippen MR) is 236 cm³/mol. The van der Waals surface area contributed by atoms with Gasteiger partial charge in [0.2, 0.25) is 11.9 Å². The second-order valence-corrected chi connectivity index (χ2v) is 16.7.